The van der Waals surface area contributed by atoms with E-state index in [0.717, 1.165) is 0 Å². The van der Waals surface area contributed by atoms with Crippen LogP contribution in [0.2, 0.25) is 0 Å². The lowest BCUT2D eigenvalue weighted by molar-refractivity contribution is -0.115. The molecule has 0 aliphatic heterocycles. The number of hydrogen-bond acceptors (Lipinski definition) is 2. The molecule has 1 aromatic carbocycles. The third-order valence-corrected chi connectivity index (χ3v) is 3.18. The van der Waals surface area contributed by atoms with Crippen LogP contribution in [-0.4, -0.2) is 11.5 Å². The highest BCUT2D eigenvalue weighted by molar-refractivity contribution is 8.00. The molecule has 0 unspecified atom stereocenters. The van der Waals surface area contributed by atoms with Gasteiger partial charge in [-0.3, -0.25) is 4.79 Å². The molecule has 78 valence electrons. The van der Waals surface area contributed by atoms with Crippen LogP contribution >= 0.6 is 11.8 Å². The number of aryl methyl sites for hydroxylation is 1. The Labute approximate surface area is 95.3 Å². The van der Waals surface area contributed by atoms with Gasteiger partial charge >= 0.3 is 0 Å². The van der Waals surface area contributed by atoms with E-state index in [1.807, 2.05) is 18.2 Å². The lowest BCUT2D eigenvalue weighted by atomic mass is 10.2. The van der Waals surface area contributed by atoms with Crippen LogP contribution in [0.25, 0.3) is 0 Å². The Kier molecular flexibility index (Phi) is 5.00. The molecular formula is C13H14OS. The molecule has 0 saturated heterocycles. The predicted octanol–water partition coefficient (Wildman–Crippen LogP) is 3.07. The van der Waals surface area contributed by atoms with E-state index in [0.29, 0.717) is 12.2 Å². The third kappa shape index (κ3) is 4.22. The van der Waals surface area contributed by atoms with Gasteiger partial charge in [-0.25, -0.2) is 0 Å². The molecule has 0 amide bonds. The molecule has 0 heterocycles. The number of ketones is 1. The van der Waals surface area contributed by atoms with E-state index in [1.165, 1.54) is 10.5 Å². The topological polar surface area (TPSA) is 17.1 Å². The number of rotatable bonds is 4. The van der Waals surface area contributed by atoms with Gasteiger partial charge in [0, 0.05) is 4.90 Å². The molecule has 1 rings (SSSR count). The Hall–Kier alpha value is -1.20. The lowest BCUT2D eigenvalue weighted by Gasteiger charge is -2.02. The fraction of sp³-hybridized carbons (Fsp3) is 0.308. The van der Waals surface area contributed by atoms with Crippen molar-refractivity contribution in [2.75, 3.05) is 5.75 Å². The molecule has 1 aromatic rings. The summed E-state index contributed by atoms with van der Waals surface area (Å²) in [6.07, 6.45) is 0.370. The molecule has 0 aliphatic carbocycles. The average molecular weight is 218 g/mol. The van der Waals surface area contributed by atoms with Gasteiger partial charge in [-0.2, -0.15) is 0 Å². The van der Waals surface area contributed by atoms with E-state index in [9.17, 15) is 4.79 Å². The first-order valence-electron chi connectivity index (χ1n) is 4.83. The Morgan fingerprint density at radius 3 is 2.80 bits per heavy atom. The zero-order chi connectivity index (χ0) is 11.1. The van der Waals surface area contributed by atoms with E-state index in [-0.39, 0.29) is 5.78 Å². The summed E-state index contributed by atoms with van der Waals surface area (Å²) in [7, 11) is 0. The number of hydrogen-bond donors (Lipinski definition) is 0. The summed E-state index contributed by atoms with van der Waals surface area (Å²) in [5, 5.41) is 0. The van der Waals surface area contributed by atoms with Gasteiger partial charge < -0.3 is 0 Å². The van der Waals surface area contributed by atoms with Gasteiger partial charge in [0.05, 0.1) is 12.2 Å². The van der Waals surface area contributed by atoms with Gasteiger partial charge in [0.15, 0.2) is 5.78 Å². The quantitative estimate of drug-likeness (QED) is 0.570. The van der Waals surface area contributed by atoms with Crippen LogP contribution < -0.4 is 0 Å². The molecule has 0 bridgehead atoms. The highest BCUT2D eigenvalue weighted by Crippen LogP contribution is 2.21. The summed E-state index contributed by atoms with van der Waals surface area (Å²) in [4.78, 5) is 12.5. The van der Waals surface area contributed by atoms with Crippen LogP contribution in [0.15, 0.2) is 29.2 Å². The standard InChI is InChI=1S/C13H14OS/c1-3-4-8-12(14)10-15-13-9-6-5-7-11(13)2/h5-7,9H,8,10H2,1-2H3. The monoisotopic (exact) mass is 218 g/mol. The summed E-state index contributed by atoms with van der Waals surface area (Å²) < 4.78 is 0. The van der Waals surface area contributed by atoms with Crippen LogP contribution in [0.1, 0.15) is 18.9 Å². The highest BCUT2D eigenvalue weighted by Gasteiger charge is 2.02. The van der Waals surface area contributed by atoms with E-state index in [2.05, 4.69) is 24.8 Å². The first-order chi connectivity index (χ1) is 7.24. The normalized spacial score (nSPS) is 9.20. The van der Waals surface area contributed by atoms with Crippen molar-refractivity contribution < 1.29 is 4.79 Å². The largest absolute Gasteiger partial charge is 0.298 e. The van der Waals surface area contributed by atoms with E-state index >= 15 is 0 Å². The molecule has 15 heavy (non-hydrogen) atoms. The maximum Gasteiger partial charge on any atom is 0.154 e. The van der Waals surface area contributed by atoms with Gasteiger partial charge in [-0.15, -0.1) is 17.7 Å². The van der Waals surface area contributed by atoms with Crippen molar-refractivity contribution >= 4 is 17.5 Å². The molecule has 0 aliphatic rings. The summed E-state index contributed by atoms with van der Waals surface area (Å²) in [5.41, 5.74) is 1.22. The number of Topliss-reactive ketones (excluding diaryl/α,β-unsaturated/α-hetero) is 1. The minimum atomic E-state index is 0.192. The molecule has 2 heteroatoms. The molecule has 0 atom stereocenters. The maximum absolute atomic E-state index is 11.4. The molecule has 0 N–H and O–H groups in total. The predicted molar refractivity (Wildman–Crippen MR) is 65.0 cm³/mol. The maximum atomic E-state index is 11.4. The summed E-state index contributed by atoms with van der Waals surface area (Å²) in [6, 6.07) is 8.09. The number of benzene rings is 1. The van der Waals surface area contributed by atoms with Crippen molar-refractivity contribution in [3.05, 3.63) is 29.8 Å². The van der Waals surface area contributed by atoms with Crippen LogP contribution in [0, 0.1) is 18.8 Å². The summed E-state index contributed by atoms with van der Waals surface area (Å²) in [5.74, 6) is 6.22. The van der Waals surface area contributed by atoms with Gasteiger partial charge in [0.25, 0.3) is 0 Å². The number of carbonyl (C=O) groups excluding carboxylic acids is 1. The van der Waals surface area contributed by atoms with Crippen molar-refractivity contribution in [1.82, 2.24) is 0 Å². The minimum absolute atomic E-state index is 0.192. The Bertz CT molecular complexity index is 398. The van der Waals surface area contributed by atoms with E-state index in [1.54, 1.807) is 18.7 Å². The van der Waals surface area contributed by atoms with Gasteiger partial charge in [-0.1, -0.05) is 24.1 Å². The van der Waals surface area contributed by atoms with Crippen molar-refractivity contribution in [1.29, 1.82) is 0 Å². The van der Waals surface area contributed by atoms with Gasteiger partial charge in [0.1, 0.15) is 0 Å². The average Bonchev–Trinajstić information content (AvgIpc) is 2.25. The van der Waals surface area contributed by atoms with Crippen molar-refractivity contribution in [2.24, 2.45) is 0 Å². The Morgan fingerprint density at radius 1 is 1.40 bits per heavy atom. The van der Waals surface area contributed by atoms with Gasteiger partial charge in [-0.05, 0) is 25.5 Å². The molecule has 0 radical (unpaired) electrons. The number of thioether (sulfide) groups is 1. The second-order valence-electron chi connectivity index (χ2n) is 3.20. The molecule has 0 fully saturated rings. The smallest absolute Gasteiger partial charge is 0.154 e. The lowest BCUT2D eigenvalue weighted by Crippen LogP contribution is -1.99. The third-order valence-electron chi connectivity index (χ3n) is 1.94. The van der Waals surface area contributed by atoms with E-state index < -0.39 is 0 Å². The highest BCUT2D eigenvalue weighted by atomic mass is 32.2. The zero-order valence-electron chi connectivity index (χ0n) is 9.04. The second kappa shape index (κ2) is 6.31. The van der Waals surface area contributed by atoms with Crippen LogP contribution in [0.5, 0.6) is 0 Å². The minimum Gasteiger partial charge on any atom is -0.298 e. The first kappa shape index (κ1) is 11.9. The molecular weight excluding hydrogens is 204 g/mol. The summed E-state index contributed by atoms with van der Waals surface area (Å²) >= 11 is 1.59. The first-order valence-corrected chi connectivity index (χ1v) is 5.82. The second-order valence-corrected chi connectivity index (χ2v) is 4.21. The Balaban J connectivity index is 2.46. The number of carbonyl (C=O) groups is 1. The molecule has 0 aromatic heterocycles. The van der Waals surface area contributed by atoms with Crippen molar-refractivity contribution in [3.8, 4) is 11.8 Å². The van der Waals surface area contributed by atoms with E-state index in [4.69, 9.17) is 0 Å². The van der Waals surface area contributed by atoms with Crippen molar-refractivity contribution in [2.45, 2.75) is 25.2 Å². The zero-order valence-corrected chi connectivity index (χ0v) is 9.86. The molecule has 0 saturated carbocycles. The van der Waals surface area contributed by atoms with Crippen LogP contribution in [-0.2, 0) is 4.79 Å². The fourth-order valence-corrected chi connectivity index (χ4v) is 2.00. The van der Waals surface area contributed by atoms with Gasteiger partial charge in [0.2, 0.25) is 0 Å². The molecule has 0 spiro atoms. The summed E-state index contributed by atoms with van der Waals surface area (Å²) in [6.45, 7) is 3.81. The fourth-order valence-electron chi connectivity index (χ4n) is 1.11. The van der Waals surface area contributed by atoms with Crippen molar-refractivity contribution in [3.63, 3.8) is 0 Å². The van der Waals surface area contributed by atoms with Crippen LogP contribution in [0.4, 0.5) is 0 Å². The Morgan fingerprint density at radius 2 is 2.13 bits per heavy atom. The SMILES string of the molecule is CC#CCC(=O)CSc1ccccc1C. The molecule has 1 nitrogen and oxygen atoms in total. The van der Waals surface area contributed by atoms with Crippen LogP contribution in [0.3, 0.4) is 0 Å².